The molecule has 0 saturated carbocycles. The van der Waals surface area contributed by atoms with E-state index in [9.17, 15) is 27.6 Å². The van der Waals surface area contributed by atoms with Gasteiger partial charge in [0.2, 0.25) is 0 Å². The number of hydrogen-bond acceptors (Lipinski definition) is 3. The van der Waals surface area contributed by atoms with Gasteiger partial charge in [0.05, 0.1) is 11.3 Å². The first-order valence-electron chi connectivity index (χ1n) is 6.99. The van der Waals surface area contributed by atoms with E-state index in [2.05, 4.69) is 0 Å². The number of alkyl halides is 3. The van der Waals surface area contributed by atoms with E-state index in [0.29, 0.717) is 25.1 Å². The molecule has 0 fully saturated rings. The summed E-state index contributed by atoms with van der Waals surface area (Å²) in [6.45, 7) is 2.61. The number of fused-ring (bicyclic) bond motifs is 1. The summed E-state index contributed by atoms with van der Waals surface area (Å²) < 4.78 is 39.0. The largest absolute Gasteiger partial charge is 0.408 e. The molecule has 1 atom stereocenters. The zero-order valence-electron chi connectivity index (χ0n) is 12.6. The lowest BCUT2D eigenvalue weighted by Gasteiger charge is -2.17. The van der Waals surface area contributed by atoms with Crippen molar-refractivity contribution in [3.8, 4) is 0 Å². The maximum atomic E-state index is 12.5. The maximum Gasteiger partial charge on any atom is 0.408 e. The van der Waals surface area contributed by atoms with Crippen molar-refractivity contribution in [2.45, 2.75) is 45.5 Å². The van der Waals surface area contributed by atoms with Crippen molar-refractivity contribution < 1.29 is 27.6 Å². The molecule has 0 aromatic carbocycles. The molecule has 2 amide bonds. The van der Waals surface area contributed by atoms with E-state index < -0.39 is 29.8 Å². The highest BCUT2D eigenvalue weighted by atomic mass is 19.4. The number of ketones is 1. The Morgan fingerprint density at radius 1 is 1.30 bits per heavy atom. The molecule has 0 saturated heterocycles. The van der Waals surface area contributed by atoms with Crippen LogP contribution in [-0.2, 0) is 17.8 Å². The van der Waals surface area contributed by atoms with Gasteiger partial charge < -0.3 is 15.6 Å². The molecule has 1 aliphatic heterocycles. The lowest BCUT2D eigenvalue weighted by atomic mass is 10.0. The minimum atomic E-state index is -4.65. The number of carbonyl (C=O) groups is 3. The zero-order valence-corrected chi connectivity index (χ0v) is 12.6. The van der Waals surface area contributed by atoms with Crippen molar-refractivity contribution in [2.24, 2.45) is 5.73 Å². The first-order chi connectivity index (χ1) is 10.6. The van der Waals surface area contributed by atoms with Gasteiger partial charge in [-0.05, 0) is 32.3 Å². The maximum absolute atomic E-state index is 12.5. The van der Waals surface area contributed by atoms with Crippen LogP contribution in [0.2, 0.25) is 0 Å². The molecule has 1 aliphatic rings. The van der Waals surface area contributed by atoms with Crippen LogP contribution >= 0.6 is 0 Å². The van der Waals surface area contributed by atoms with Crippen LogP contribution in [0.25, 0.3) is 0 Å². The molecule has 0 radical (unpaired) electrons. The van der Waals surface area contributed by atoms with Crippen LogP contribution in [0.5, 0.6) is 0 Å². The summed E-state index contributed by atoms with van der Waals surface area (Å²) in [5.41, 5.74) is 6.18. The molecule has 3 N–H and O–H groups in total. The van der Waals surface area contributed by atoms with Gasteiger partial charge in [-0.2, -0.15) is 13.2 Å². The Kier molecular flexibility index (Phi) is 4.23. The quantitative estimate of drug-likeness (QED) is 0.639. The number of aromatic nitrogens is 1. The lowest BCUT2D eigenvalue weighted by Crippen LogP contribution is -2.46. The first-order valence-corrected chi connectivity index (χ1v) is 6.99. The molecular weight excluding hydrogens is 315 g/mol. The minimum absolute atomic E-state index is 0.0711. The Bertz CT molecular complexity index is 692. The molecule has 0 spiro atoms. The standard InChI is InChI=1S/C14H16F3N3O3/c1-6-9(12(18)22)8-4-3-5-20(8)10(6)11(21)13(23)19-7(2)14(15,16)17/h7H,3-5H2,1-2H3,(H2,18,22)(H,19,23). The van der Waals surface area contributed by atoms with Gasteiger partial charge in [-0.15, -0.1) is 0 Å². The Labute approximate surface area is 129 Å². The number of halogens is 3. The number of nitrogens with one attached hydrogen (secondary N) is 1. The SMILES string of the molecule is Cc1c(C(N)=O)c2n(c1C(=O)C(=O)NC(C)C(F)(F)F)CCC2. The van der Waals surface area contributed by atoms with Gasteiger partial charge in [0, 0.05) is 12.2 Å². The molecule has 2 heterocycles. The number of primary amides is 1. The van der Waals surface area contributed by atoms with Crippen LogP contribution < -0.4 is 11.1 Å². The van der Waals surface area contributed by atoms with E-state index in [1.54, 1.807) is 5.32 Å². The molecule has 1 aromatic heterocycles. The summed E-state index contributed by atoms with van der Waals surface area (Å²) in [6, 6.07) is -2.15. The number of amides is 2. The van der Waals surface area contributed by atoms with E-state index in [1.807, 2.05) is 0 Å². The molecule has 0 aliphatic carbocycles. The van der Waals surface area contributed by atoms with Gasteiger partial charge in [0.15, 0.2) is 0 Å². The molecule has 2 rings (SSSR count). The van der Waals surface area contributed by atoms with E-state index in [-0.39, 0.29) is 16.8 Å². The van der Waals surface area contributed by atoms with Gasteiger partial charge in [-0.3, -0.25) is 14.4 Å². The summed E-state index contributed by atoms with van der Waals surface area (Å²) in [6.07, 6.45) is -3.46. The van der Waals surface area contributed by atoms with Crippen LogP contribution in [0.1, 0.15) is 45.4 Å². The second-order valence-corrected chi connectivity index (χ2v) is 5.48. The number of nitrogens with zero attached hydrogens (tertiary/aromatic N) is 1. The number of carbonyl (C=O) groups excluding carboxylic acids is 3. The zero-order chi connectivity index (χ0) is 17.5. The molecule has 9 heteroatoms. The monoisotopic (exact) mass is 331 g/mol. The van der Waals surface area contributed by atoms with Crippen molar-refractivity contribution in [3.05, 3.63) is 22.5 Å². The number of Topliss-reactive ketones (excluding diaryl/α,β-unsaturated/α-hetero) is 1. The van der Waals surface area contributed by atoms with Crippen LogP contribution in [0.15, 0.2) is 0 Å². The van der Waals surface area contributed by atoms with Gasteiger partial charge in [-0.25, -0.2) is 0 Å². The minimum Gasteiger partial charge on any atom is -0.366 e. The average molecular weight is 331 g/mol. The Balaban J connectivity index is 2.36. The predicted octanol–water partition coefficient (Wildman–Crippen LogP) is 1.09. The van der Waals surface area contributed by atoms with E-state index in [0.717, 1.165) is 6.92 Å². The van der Waals surface area contributed by atoms with E-state index in [4.69, 9.17) is 5.73 Å². The number of nitrogens with two attached hydrogens (primary N) is 1. The van der Waals surface area contributed by atoms with Crippen molar-refractivity contribution >= 4 is 17.6 Å². The Hall–Kier alpha value is -2.32. The van der Waals surface area contributed by atoms with Crippen LogP contribution in [-0.4, -0.2) is 34.4 Å². The molecule has 23 heavy (non-hydrogen) atoms. The van der Waals surface area contributed by atoms with Crippen molar-refractivity contribution in [2.75, 3.05) is 0 Å². The van der Waals surface area contributed by atoms with E-state index in [1.165, 1.54) is 11.5 Å². The van der Waals surface area contributed by atoms with E-state index >= 15 is 0 Å². The third-order valence-electron chi connectivity index (χ3n) is 3.92. The highest BCUT2D eigenvalue weighted by Crippen LogP contribution is 2.29. The fourth-order valence-electron chi connectivity index (χ4n) is 2.79. The predicted molar refractivity (Wildman–Crippen MR) is 74.0 cm³/mol. The smallest absolute Gasteiger partial charge is 0.366 e. The van der Waals surface area contributed by atoms with Crippen molar-refractivity contribution in [1.29, 1.82) is 0 Å². The highest BCUT2D eigenvalue weighted by molar-refractivity contribution is 6.43. The summed E-state index contributed by atoms with van der Waals surface area (Å²) >= 11 is 0. The normalized spacial score (nSPS) is 15.2. The summed E-state index contributed by atoms with van der Waals surface area (Å²) in [5, 5.41) is 1.63. The van der Waals surface area contributed by atoms with Crippen molar-refractivity contribution in [1.82, 2.24) is 9.88 Å². The topological polar surface area (TPSA) is 94.2 Å². The first kappa shape index (κ1) is 17.0. The van der Waals surface area contributed by atoms with Gasteiger partial charge >= 0.3 is 6.18 Å². The van der Waals surface area contributed by atoms with Gasteiger partial charge in [0.1, 0.15) is 6.04 Å². The molecule has 1 unspecified atom stereocenters. The van der Waals surface area contributed by atoms with Gasteiger partial charge in [-0.1, -0.05) is 0 Å². The number of hydrogen-bond donors (Lipinski definition) is 2. The van der Waals surface area contributed by atoms with Gasteiger partial charge in [0.25, 0.3) is 17.6 Å². The van der Waals surface area contributed by atoms with Crippen LogP contribution in [0.4, 0.5) is 13.2 Å². The second-order valence-electron chi connectivity index (χ2n) is 5.48. The highest BCUT2D eigenvalue weighted by Gasteiger charge is 2.39. The second kappa shape index (κ2) is 5.71. The molecular formula is C14H16F3N3O3. The van der Waals surface area contributed by atoms with Crippen LogP contribution in [0, 0.1) is 6.92 Å². The molecule has 6 nitrogen and oxygen atoms in total. The number of rotatable bonds is 4. The lowest BCUT2D eigenvalue weighted by molar-refractivity contribution is -0.156. The third kappa shape index (κ3) is 2.95. The summed E-state index contributed by atoms with van der Waals surface area (Å²) in [4.78, 5) is 35.7. The fraction of sp³-hybridized carbons (Fsp3) is 0.500. The van der Waals surface area contributed by atoms with Crippen LogP contribution in [0.3, 0.4) is 0 Å². The Morgan fingerprint density at radius 2 is 1.91 bits per heavy atom. The van der Waals surface area contributed by atoms with Crippen molar-refractivity contribution in [3.63, 3.8) is 0 Å². The Morgan fingerprint density at radius 3 is 2.43 bits per heavy atom. The summed E-state index contributed by atoms with van der Waals surface area (Å²) in [5.74, 6) is -3.19. The fourth-order valence-corrected chi connectivity index (χ4v) is 2.79. The molecule has 126 valence electrons. The average Bonchev–Trinajstić information content (AvgIpc) is 2.95. The summed E-state index contributed by atoms with van der Waals surface area (Å²) in [7, 11) is 0. The molecule has 0 bridgehead atoms. The molecule has 1 aromatic rings. The third-order valence-corrected chi connectivity index (χ3v) is 3.92.